The van der Waals surface area contributed by atoms with Gasteiger partial charge in [0.05, 0.1) is 0 Å². The average molecular weight is 411 g/mol. The zero-order valence-electron chi connectivity index (χ0n) is 17.6. The molecule has 3 heterocycles. The Balaban J connectivity index is 1.33. The molecular weight excluding hydrogens is 380 g/mol. The average Bonchev–Trinajstić information content (AvgIpc) is 3.20. The molecule has 0 bridgehead atoms. The summed E-state index contributed by atoms with van der Waals surface area (Å²) in [5, 5.41) is 5.98. The van der Waals surface area contributed by atoms with Crippen molar-refractivity contribution in [3.05, 3.63) is 34.9 Å². The maximum absolute atomic E-state index is 12.9. The standard InChI is InChI=1S/C23H30N4O3/c1-23-8-2-3-19(23)26(10-9-24-14-23)12-15-4-5-17-16(11-15)13-27(22(17)30)18-6-7-20(28)25-21(18)29/h4-5,11,18-19,24H,2-3,6-10,12-14H2,1H3,(H,25,28,29)/t18?,19-,23+/m1/s1. The molecule has 0 radical (unpaired) electrons. The number of carbonyl (C=O) groups excluding carboxylic acids is 3. The van der Waals surface area contributed by atoms with Crippen molar-refractivity contribution in [1.29, 1.82) is 0 Å². The van der Waals surface area contributed by atoms with E-state index in [-0.39, 0.29) is 24.1 Å². The van der Waals surface area contributed by atoms with Gasteiger partial charge in [-0.2, -0.15) is 0 Å². The minimum atomic E-state index is -0.554. The second kappa shape index (κ2) is 7.46. The van der Waals surface area contributed by atoms with Gasteiger partial charge in [-0.15, -0.1) is 0 Å². The van der Waals surface area contributed by atoms with Crippen LogP contribution in [0.25, 0.3) is 0 Å². The van der Waals surface area contributed by atoms with Crippen molar-refractivity contribution in [2.75, 3.05) is 19.6 Å². The van der Waals surface area contributed by atoms with E-state index in [1.54, 1.807) is 4.90 Å². The lowest BCUT2D eigenvalue weighted by Gasteiger charge is -2.37. The molecule has 3 amide bonds. The number of piperidine rings is 1. The molecule has 0 spiro atoms. The highest BCUT2D eigenvalue weighted by atomic mass is 16.2. The molecule has 2 N–H and O–H groups in total. The number of carbonyl (C=O) groups is 3. The fourth-order valence-corrected chi connectivity index (χ4v) is 5.95. The number of hydrogen-bond acceptors (Lipinski definition) is 5. The smallest absolute Gasteiger partial charge is 0.255 e. The molecule has 3 fully saturated rings. The summed E-state index contributed by atoms with van der Waals surface area (Å²) < 4.78 is 0. The van der Waals surface area contributed by atoms with Gasteiger partial charge in [0.1, 0.15) is 6.04 Å². The first-order valence-corrected chi connectivity index (χ1v) is 11.2. The number of fused-ring (bicyclic) bond motifs is 2. The molecule has 5 rings (SSSR count). The quantitative estimate of drug-likeness (QED) is 0.737. The minimum absolute atomic E-state index is 0.103. The van der Waals surface area contributed by atoms with Gasteiger partial charge in [0.2, 0.25) is 11.8 Å². The third kappa shape index (κ3) is 3.34. The van der Waals surface area contributed by atoms with E-state index in [1.165, 1.54) is 24.8 Å². The van der Waals surface area contributed by atoms with Crippen LogP contribution in [0.5, 0.6) is 0 Å². The summed E-state index contributed by atoms with van der Waals surface area (Å²) in [5.74, 6) is -0.716. The number of imide groups is 1. The summed E-state index contributed by atoms with van der Waals surface area (Å²) >= 11 is 0. The second-order valence-corrected chi connectivity index (χ2v) is 9.60. The molecule has 1 saturated carbocycles. The summed E-state index contributed by atoms with van der Waals surface area (Å²) in [6, 6.07) is 6.17. The van der Waals surface area contributed by atoms with Crippen molar-refractivity contribution in [3.8, 4) is 0 Å². The number of nitrogens with one attached hydrogen (secondary N) is 2. The number of rotatable bonds is 3. The Bertz CT molecular complexity index is 900. The molecule has 160 valence electrons. The van der Waals surface area contributed by atoms with E-state index >= 15 is 0 Å². The van der Waals surface area contributed by atoms with Gasteiger partial charge in [-0.25, -0.2) is 0 Å². The Morgan fingerprint density at radius 3 is 2.90 bits per heavy atom. The maximum Gasteiger partial charge on any atom is 0.255 e. The molecular formula is C23H30N4O3. The van der Waals surface area contributed by atoms with Crippen LogP contribution in [-0.4, -0.2) is 59.2 Å². The van der Waals surface area contributed by atoms with E-state index in [2.05, 4.69) is 34.6 Å². The van der Waals surface area contributed by atoms with Gasteiger partial charge in [-0.3, -0.25) is 24.6 Å². The highest BCUT2D eigenvalue weighted by Gasteiger charge is 2.43. The van der Waals surface area contributed by atoms with Gasteiger partial charge in [0.25, 0.3) is 5.91 Å². The summed E-state index contributed by atoms with van der Waals surface area (Å²) in [5.41, 5.74) is 3.24. The number of hydrogen-bond donors (Lipinski definition) is 2. The third-order valence-corrected chi connectivity index (χ3v) is 7.55. The van der Waals surface area contributed by atoms with E-state index in [0.29, 0.717) is 30.0 Å². The summed E-state index contributed by atoms with van der Waals surface area (Å²) in [6.07, 6.45) is 4.51. The van der Waals surface area contributed by atoms with Crippen LogP contribution in [0, 0.1) is 5.41 Å². The Morgan fingerprint density at radius 1 is 1.20 bits per heavy atom. The zero-order chi connectivity index (χ0) is 20.9. The predicted molar refractivity (Wildman–Crippen MR) is 112 cm³/mol. The molecule has 2 saturated heterocycles. The van der Waals surface area contributed by atoms with Crippen molar-refractivity contribution >= 4 is 17.7 Å². The summed E-state index contributed by atoms with van der Waals surface area (Å²) in [6.45, 7) is 6.89. The number of nitrogens with zero attached hydrogens (tertiary/aromatic N) is 2. The van der Waals surface area contributed by atoms with Crippen LogP contribution in [0.3, 0.4) is 0 Å². The van der Waals surface area contributed by atoms with Gasteiger partial charge >= 0.3 is 0 Å². The summed E-state index contributed by atoms with van der Waals surface area (Å²) in [4.78, 5) is 40.8. The molecule has 7 nitrogen and oxygen atoms in total. The van der Waals surface area contributed by atoms with Crippen molar-refractivity contribution in [1.82, 2.24) is 20.4 Å². The van der Waals surface area contributed by atoms with Gasteiger partial charge < -0.3 is 10.2 Å². The van der Waals surface area contributed by atoms with Crippen LogP contribution in [0.15, 0.2) is 18.2 Å². The predicted octanol–water partition coefficient (Wildman–Crippen LogP) is 1.41. The highest BCUT2D eigenvalue weighted by Crippen LogP contribution is 2.42. The Labute approximate surface area is 177 Å². The lowest BCUT2D eigenvalue weighted by molar-refractivity contribution is -0.136. The molecule has 3 aliphatic heterocycles. The third-order valence-electron chi connectivity index (χ3n) is 7.55. The van der Waals surface area contributed by atoms with Crippen LogP contribution < -0.4 is 10.6 Å². The molecule has 1 aromatic rings. The van der Waals surface area contributed by atoms with Gasteiger partial charge in [-0.05, 0) is 41.9 Å². The molecule has 1 aliphatic carbocycles. The van der Waals surface area contributed by atoms with Crippen molar-refractivity contribution in [2.45, 2.75) is 64.2 Å². The van der Waals surface area contributed by atoms with Gasteiger partial charge in [-0.1, -0.05) is 25.5 Å². The molecule has 4 aliphatic rings. The maximum atomic E-state index is 12.9. The van der Waals surface area contributed by atoms with E-state index in [1.807, 2.05) is 6.07 Å². The molecule has 0 aromatic heterocycles. The summed E-state index contributed by atoms with van der Waals surface area (Å²) in [7, 11) is 0. The molecule has 7 heteroatoms. The SMILES string of the molecule is C[C@@]12CCC[C@H]1N(Cc1ccc3c(c1)CN(C1CCC(=O)NC1=O)C3=O)CCNC2. The van der Waals surface area contributed by atoms with E-state index in [9.17, 15) is 14.4 Å². The van der Waals surface area contributed by atoms with Crippen LogP contribution in [0.1, 0.15) is 60.5 Å². The largest absolute Gasteiger partial charge is 0.322 e. The van der Waals surface area contributed by atoms with Crippen molar-refractivity contribution < 1.29 is 14.4 Å². The van der Waals surface area contributed by atoms with Crippen LogP contribution in [0.4, 0.5) is 0 Å². The van der Waals surface area contributed by atoms with Gasteiger partial charge in [0.15, 0.2) is 0 Å². The number of amides is 3. The van der Waals surface area contributed by atoms with E-state index < -0.39 is 6.04 Å². The monoisotopic (exact) mass is 410 g/mol. The normalized spacial score (nSPS) is 32.0. The topological polar surface area (TPSA) is 81.8 Å². The molecule has 30 heavy (non-hydrogen) atoms. The van der Waals surface area contributed by atoms with E-state index in [4.69, 9.17) is 0 Å². The Morgan fingerprint density at radius 2 is 2.07 bits per heavy atom. The Kier molecular flexibility index (Phi) is 4.90. The highest BCUT2D eigenvalue weighted by molar-refractivity contribution is 6.05. The fraction of sp³-hybridized carbons (Fsp3) is 0.609. The zero-order valence-corrected chi connectivity index (χ0v) is 17.6. The van der Waals surface area contributed by atoms with Crippen LogP contribution in [0.2, 0.25) is 0 Å². The van der Waals surface area contributed by atoms with Gasteiger partial charge in [0, 0.05) is 50.7 Å². The first-order valence-electron chi connectivity index (χ1n) is 11.2. The first-order chi connectivity index (χ1) is 14.4. The van der Waals surface area contributed by atoms with E-state index in [0.717, 1.165) is 31.7 Å². The molecule has 1 unspecified atom stereocenters. The Hall–Kier alpha value is -2.25. The first kappa shape index (κ1) is 19.7. The number of benzene rings is 1. The lowest BCUT2D eigenvalue weighted by Crippen LogP contribution is -2.52. The van der Waals surface area contributed by atoms with Crippen molar-refractivity contribution in [3.63, 3.8) is 0 Å². The molecule has 1 aromatic carbocycles. The van der Waals surface area contributed by atoms with Crippen molar-refractivity contribution in [2.24, 2.45) is 5.41 Å². The minimum Gasteiger partial charge on any atom is -0.322 e. The molecule has 3 atom stereocenters. The lowest BCUT2D eigenvalue weighted by atomic mass is 9.84. The second-order valence-electron chi connectivity index (χ2n) is 9.60. The fourth-order valence-electron chi connectivity index (χ4n) is 5.95. The van der Waals surface area contributed by atoms with Crippen LogP contribution >= 0.6 is 0 Å². The van der Waals surface area contributed by atoms with Crippen LogP contribution in [-0.2, 0) is 22.7 Å².